The molecule has 3 aromatic rings. The standard InChI is InChI=1S/C16H11NO4/c1-10-15(11-6-8-12(9-7-11)17(19)20)16(18)13-4-2-3-5-14(13)21-10/h2-9H,1H3. The number of non-ortho nitro benzene ring substituents is 1. The number of benzene rings is 2. The fraction of sp³-hybridized carbons (Fsp3) is 0.0625. The summed E-state index contributed by atoms with van der Waals surface area (Å²) >= 11 is 0. The van der Waals surface area contributed by atoms with Gasteiger partial charge in [0, 0.05) is 12.1 Å². The monoisotopic (exact) mass is 281 g/mol. The summed E-state index contributed by atoms with van der Waals surface area (Å²) in [5, 5.41) is 11.2. The summed E-state index contributed by atoms with van der Waals surface area (Å²) in [6, 6.07) is 12.9. The van der Waals surface area contributed by atoms with E-state index in [0.717, 1.165) is 0 Å². The molecule has 1 aromatic heterocycles. The van der Waals surface area contributed by atoms with Crippen LogP contribution in [0.2, 0.25) is 0 Å². The van der Waals surface area contributed by atoms with Gasteiger partial charge in [0.25, 0.3) is 5.69 Å². The van der Waals surface area contributed by atoms with Crippen LogP contribution in [-0.2, 0) is 0 Å². The normalized spacial score (nSPS) is 10.7. The zero-order valence-electron chi connectivity index (χ0n) is 11.2. The highest BCUT2D eigenvalue weighted by Crippen LogP contribution is 2.25. The molecule has 0 saturated heterocycles. The summed E-state index contributed by atoms with van der Waals surface area (Å²) in [7, 11) is 0. The largest absolute Gasteiger partial charge is 0.460 e. The summed E-state index contributed by atoms with van der Waals surface area (Å²) in [5.41, 5.74) is 1.43. The highest BCUT2D eigenvalue weighted by atomic mass is 16.6. The first kappa shape index (κ1) is 13.1. The van der Waals surface area contributed by atoms with Gasteiger partial charge in [-0.3, -0.25) is 14.9 Å². The molecule has 0 saturated carbocycles. The molecule has 0 aliphatic carbocycles. The highest BCUT2D eigenvalue weighted by molar-refractivity contribution is 5.82. The molecule has 1 heterocycles. The number of hydrogen-bond acceptors (Lipinski definition) is 4. The lowest BCUT2D eigenvalue weighted by Crippen LogP contribution is -2.07. The van der Waals surface area contributed by atoms with Gasteiger partial charge >= 0.3 is 0 Å². The predicted octanol–water partition coefficient (Wildman–Crippen LogP) is 3.68. The molecule has 0 aliphatic rings. The third-order valence-corrected chi connectivity index (χ3v) is 3.34. The predicted molar refractivity (Wildman–Crippen MR) is 79.3 cm³/mol. The molecule has 0 atom stereocenters. The molecule has 5 heteroatoms. The van der Waals surface area contributed by atoms with E-state index in [0.29, 0.717) is 27.9 Å². The van der Waals surface area contributed by atoms with Crippen LogP contribution in [0.25, 0.3) is 22.1 Å². The van der Waals surface area contributed by atoms with Gasteiger partial charge in [-0.25, -0.2) is 0 Å². The van der Waals surface area contributed by atoms with E-state index < -0.39 is 4.92 Å². The first-order valence-corrected chi connectivity index (χ1v) is 6.35. The maximum atomic E-state index is 12.6. The Balaban J connectivity index is 2.25. The topological polar surface area (TPSA) is 73.3 Å². The van der Waals surface area contributed by atoms with Crippen LogP contribution in [0, 0.1) is 17.0 Å². The number of nitrogens with zero attached hydrogens (tertiary/aromatic N) is 1. The van der Waals surface area contributed by atoms with E-state index >= 15 is 0 Å². The number of aryl methyl sites for hydroxylation is 1. The van der Waals surface area contributed by atoms with Crippen LogP contribution in [-0.4, -0.2) is 4.92 Å². The van der Waals surface area contributed by atoms with Crippen molar-refractivity contribution in [3.8, 4) is 11.1 Å². The van der Waals surface area contributed by atoms with Crippen molar-refractivity contribution in [1.29, 1.82) is 0 Å². The number of nitro groups is 1. The molecule has 0 unspecified atom stereocenters. The third kappa shape index (κ3) is 2.18. The van der Waals surface area contributed by atoms with Crippen LogP contribution in [0.5, 0.6) is 0 Å². The highest BCUT2D eigenvalue weighted by Gasteiger charge is 2.14. The molecular weight excluding hydrogens is 270 g/mol. The second kappa shape index (κ2) is 4.86. The Hall–Kier alpha value is -2.95. The quantitative estimate of drug-likeness (QED) is 0.530. The van der Waals surface area contributed by atoms with Gasteiger partial charge in [-0.15, -0.1) is 0 Å². The SMILES string of the molecule is Cc1oc2ccccc2c(=O)c1-c1ccc([N+](=O)[O-])cc1. The van der Waals surface area contributed by atoms with E-state index in [1.54, 1.807) is 43.3 Å². The molecule has 0 spiro atoms. The minimum Gasteiger partial charge on any atom is -0.460 e. The van der Waals surface area contributed by atoms with Crippen molar-refractivity contribution in [3.05, 3.63) is 74.6 Å². The Morgan fingerprint density at radius 3 is 2.38 bits per heavy atom. The molecule has 5 nitrogen and oxygen atoms in total. The van der Waals surface area contributed by atoms with E-state index in [-0.39, 0.29) is 11.1 Å². The van der Waals surface area contributed by atoms with Gasteiger partial charge in [0.15, 0.2) is 0 Å². The molecule has 0 N–H and O–H groups in total. The van der Waals surface area contributed by atoms with Gasteiger partial charge in [-0.1, -0.05) is 12.1 Å². The van der Waals surface area contributed by atoms with E-state index in [4.69, 9.17) is 4.42 Å². The Kier molecular flexibility index (Phi) is 3.02. The Morgan fingerprint density at radius 1 is 1.05 bits per heavy atom. The van der Waals surface area contributed by atoms with Crippen molar-refractivity contribution in [2.75, 3.05) is 0 Å². The van der Waals surface area contributed by atoms with Crippen molar-refractivity contribution < 1.29 is 9.34 Å². The van der Waals surface area contributed by atoms with Crippen LogP contribution < -0.4 is 5.43 Å². The second-order valence-electron chi connectivity index (χ2n) is 4.66. The number of para-hydroxylation sites is 1. The minimum atomic E-state index is -0.473. The van der Waals surface area contributed by atoms with Gasteiger partial charge in [-0.05, 0) is 36.8 Å². The van der Waals surface area contributed by atoms with Gasteiger partial charge in [0.2, 0.25) is 5.43 Å². The molecule has 0 aliphatic heterocycles. The lowest BCUT2D eigenvalue weighted by molar-refractivity contribution is -0.384. The summed E-state index contributed by atoms with van der Waals surface area (Å²) < 4.78 is 5.67. The van der Waals surface area contributed by atoms with Crippen LogP contribution in [0.15, 0.2) is 57.7 Å². The number of hydrogen-bond donors (Lipinski definition) is 0. The average molecular weight is 281 g/mol. The van der Waals surface area contributed by atoms with Gasteiger partial charge in [0.05, 0.1) is 15.9 Å². The van der Waals surface area contributed by atoms with E-state index in [2.05, 4.69) is 0 Å². The van der Waals surface area contributed by atoms with Crippen molar-refractivity contribution in [2.24, 2.45) is 0 Å². The first-order chi connectivity index (χ1) is 10.1. The first-order valence-electron chi connectivity index (χ1n) is 6.35. The van der Waals surface area contributed by atoms with Gasteiger partial charge < -0.3 is 4.42 Å². The van der Waals surface area contributed by atoms with E-state index in [9.17, 15) is 14.9 Å². The lowest BCUT2D eigenvalue weighted by Gasteiger charge is -2.06. The molecule has 0 radical (unpaired) electrons. The molecule has 2 aromatic carbocycles. The Morgan fingerprint density at radius 2 is 1.71 bits per heavy atom. The molecule has 21 heavy (non-hydrogen) atoms. The summed E-state index contributed by atoms with van der Waals surface area (Å²) in [6.07, 6.45) is 0. The Labute approximate surface area is 119 Å². The van der Waals surface area contributed by atoms with Crippen molar-refractivity contribution in [2.45, 2.75) is 6.92 Å². The Bertz CT molecular complexity index is 894. The number of fused-ring (bicyclic) bond motifs is 1. The minimum absolute atomic E-state index is 0.0124. The smallest absolute Gasteiger partial charge is 0.269 e. The molecule has 104 valence electrons. The summed E-state index contributed by atoms with van der Waals surface area (Å²) in [6.45, 7) is 1.71. The maximum Gasteiger partial charge on any atom is 0.269 e. The van der Waals surface area contributed by atoms with Gasteiger partial charge in [-0.2, -0.15) is 0 Å². The van der Waals surface area contributed by atoms with Crippen molar-refractivity contribution in [3.63, 3.8) is 0 Å². The zero-order valence-corrected chi connectivity index (χ0v) is 11.2. The third-order valence-electron chi connectivity index (χ3n) is 3.34. The van der Waals surface area contributed by atoms with Gasteiger partial charge in [0.1, 0.15) is 11.3 Å². The van der Waals surface area contributed by atoms with Crippen LogP contribution in [0.4, 0.5) is 5.69 Å². The summed E-state index contributed by atoms with van der Waals surface area (Å²) in [5.74, 6) is 0.493. The maximum absolute atomic E-state index is 12.6. The molecule has 0 fully saturated rings. The molecule has 3 rings (SSSR count). The van der Waals surface area contributed by atoms with E-state index in [1.165, 1.54) is 12.1 Å². The molecule has 0 bridgehead atoms. The number of nitro benzene ring substituents is 1. The van der Waals surface area contributed by atoms with Crippen LogP contribution >= 0.6 is 0 Å². The lowest BCUT2D eigenvalue weighted by atomic mass is 10.0. The molecular formula is C16H11NO4. The second-order valence-corrected chi connectivity index (χ2v) is 4.66. The van der Waals surface area contributed by atoms with Crippen molar-refractivity contribution >= 4 is 16.7 Å². The van der Waals surface area contributed by atoms with E-state index in [1.807, 2.05) is 0 Å². The van der Waals surface area contributed by atoms with Crippen molar-refractivity contribution in [1.82, 2.24) is 0 Å². The zero-order chi connectivity index (χ0) is 15.0. The average Bonchev–Trinajstić information content (AvgIpc) is 2.48. The summed E-state index contributed by atoms with van der Waals surface area (Å²) in [4.78, 5) is 22.8. The molecule has 0 amide bonds. The van der Waals surface area contributed by atoms with Crippen LogP contribution in [0.1, 0.15) is 5.76 Å². The number of rotatable bonds is 2. The van der Waals surface area contributed by atoms with Crippen LogP contribution in [0.3, 0.4) is 0 Å². The fourth-order valence-corrected chi connectivity index (χ4v) is 2.34. The fourth-order valence-electron chi connectivity index (χ4n) is 2.34.